The molecular formula is C18H15FN2O3S. The van der Waals surface area contributed by atoms with E-state index in [1.54, 1.807) is 56.7 Å². The molecule has 3 rings (SSSR count). The van der Waals surface area contributed by atoms with E-state index in [0.29, 0.717) is 21.6 Å². The minimum Gasteiger partial charge on any atom is -0.497 e. The number of amidine groups is 1. The second-order valence-electron chi connectivity index (χ2n) is 5.04. The van der Waals surface area contributed by atoms with Gasteiger partial charge in [0.15, 0.2) is 5.17 Å². The van der Waals surface area contributed by atoms with Crippen LogP contribution in [0.3, 0.4) is 0 Å². The summed E-state index contributed by atoms with van der Waals surface area (Å²) in [5.41, 5.74) is 0.904. The summed E-state index contributed by atoms with van der Waals surface area (Å²) in [5, 5.41) is 2.96. The molecule has 0 saturated carbocycles. The Hall–Kier alpha value is -2.80. The van der Waals surface area contributed by atoms with Crippen molar-refractivity contribution in [3.63, 3.8) is 0 Å². The van der Waals surface area contributed by atoms with Gasteiger partial charge in [-0.2, -0.15) is 0 Å². The van der Waals surface area contributed by atoms with Gasteiger partial charge in [0.05, 0.1) is 19.1 Å². The third-order valence-electron chi connectivity index (χ3n) is 3.45. The second kappa shape index (κ2) is 7.40. The van der Waals surface area contributed by atoms with Gasteiger partial charge >= 0.3 is 0 Å². The summed E-state index contributed by atoms with van der Waals surface area (Å²) in [6, 6.07) is 11.4. The highest BCUT2D eigenvalue weighted by Crippen LogP contribution is 2.32. The topological polar surface area (TPSA) is 59.9 Å². The van der Waals surface area contributed by atoms with Gasteiger partial charge in [0.1, 0.15) is 23.0 Å². The molecule has 1 aliphatic heterocycles. The first-order valence-electron chi connectivity index (χ1n) is 7.37. The quantitative estimate of drug-likeness (QED) is 0.846. The average molecular weight is 358 g/mol. The van der Waals surface area contributed by atoms with E-state index >= 15 is 0 Å². The summed E-state index contributed by atoms with van der Waals surface area (Å²) in [6.45, 7) is 0. The molecule has 0 aromatic heterocycles. The van der Waals surface area contributed by atoms with Crippen molar-refractivity contribution < 1.29 is 18.7 Å². The molecule has 2 aromatic carbocycles. The first kappa shape index (κ1) is 17.0. The van der Waals surface area contributed by atoms with Gasteiger partial charge in [0.2, 0.25) is 0 Å². The van der Waals surface area contributed by atoms with Crippen LogP contribution in [0.4, 0.5) is 10.1 Å². The molecule has 1 heterocycles. The van der Waals surface area contributed by atoms with Gasteiger partial charge < -0.3 is 14.8 Å². The zero-order valence-electron chi connectivity index (χ0n) is 13.6. The SMILES string of the molecule is COc1ccc(C=C2SC(=Nc3ccccc3F)NC2=O)c(OC)c1. The molecule has 1 N–H and O–H groups in total. The molecule has 25 heavy (non-hydrogen) atoms. The summed E-state index contributed by atoms with van der Waals surface area (Å²) in [7, 11) is 3.11. The molecule has 5 nitrogen and oxygen atoms in total. The van der Waals surface area contributed by atoms with Crippen molar-refractivity contribution in [2.75, 3.05) is 14.2 Å². The fraction of sp³-hybridized carbons (Fsp3) is 0.111. The summed E-state index contributed by atoms with van der Waals surface area (Å²) in [4.78, 5) is 16.7. The van der Waals surface area contributed by atoms with Crippen LogP contribution in [0.25, 0.3) is 6.08 Å². The number of hydrogen-bond acceptors (Lipinski definition) is 5. The van der Waals surface area contributed by atoms with E-state index in [2.05, 4.69) is 10.3 Å². The Bertz CT molecular complexity index is 880. The Labute approximate surface area is 148 Å². The number of halogens is 1. The molecule has 1 fully saturated rings. The lowest BCUT2D eigenvalue weighted by molar-refractivity contribution is -0.115. The van der Waals surface area contributed by atoms with E-state index in [9.17, 15) is 9.18 Å². The monoisotopic (exact) mass is 358 g/mol. The Morgan fingerprint density at radius 3 is 2.68 bits per heavy atom. The molecule has 1 saturated heterocycles. The fourth-order valence-electron chi connectivity index (χ4n) is 2.21. The fourth-order valence-corrected chi connectivity index (χ4v) is 3.04. The number of para-hydroxylation sites is 1. The Balaban J connectivity index is 1.88. The maximum Gasteiger partial charge on any atom is 0.264 e. The smallest absolute Gasteiger partial charge is 0.264 e. The van der Waals surface area contributed by atoms with Crippen LogP contribution in [-0.2, 0) is 4.79 Å². The van der Waals surface area contributed by atoms with Crippen LogP contribution in [-0.4, -0.2) is 25.3 Å². The number of ether oxygens (including phenoxy) is 2. The first-order valence-corrected chi connectivity index (χ1v) is 8.18. The van der Waals surface area contributed by atoms with Crippen LogP contribution in [0.15, 0.2) is 52.4 Å². The van der Waals surface area contributed by atoms with Gasteiger partial charge in [-0.15, -0.1) is 0 Å². The van der Waals surface area contributed by atoms with Crippen molar-refractivity contribution in [2.45, 2.75) is 0 Å². The number of nitrogens with zero attached hydrogens (tertiary/aromatic N) is 1. The highest BCUT2D eigenvalue weighted by atomic mass is 32.2. The van der Waals surface area contributed by atoms with Crippen LogP contribution in [0.1, 0.15) is 5.56 Å². The maximum absolute atomic E-state index is 13.7. The molecule has 0 bridgehead atoms. The highest BCUT2D eigenvalue weighted by Gasteiger charge is 2.24. The predicted octanol–water partition coefficient (Wildman–Crippen LogP) is 3.73. The zero-order chi connectivity index (χ0) is 17.8. The van der Waals surface area contributed by atoms with Crippen molar-refractivity contribution in [1.82, 2.24) is 5.32 Å². The molecule has 128 valence electrons. The summed E-state index contributed by atoms with van der Waals surface area (Å²) < 4.78 is 24.2. The lowest BCUT2D eigenvalue weighted by Gasteiger charge is -2.07. The van der Waals surface area contributed by atoms with Crippen molar-refractivity contribution in [3.05, 3.63) is 58.8 Å². The molecule has 1 amide bonds. The van der Waals surface area contributed by atoms with Gasteiger partial charge in [-0.1, -0.05) is 12.1 Å². The minimum atomic E-state index is -0.445. The van der Waals surface area contributed by atoms with Gasteiger partial charge in [-0.05, 0) is 42.1 Å². The molecule has 0 radical (unpaired) electrons. The number of rotatable bonds is 4. The average Bonchev–Trinajstić information content (AvgIpc) is 2.96. The van der Waals surface area contributed by atoms with Crippen molar-refractivity contribution in [1.29, 1.82) is 0 Å². The lowest BCUT2D eigenvalue weighted by Crippen LogP contribution is -2.19. The predicted molar refractivity (Wildman–Crippen MR) is 96.8 cm³/mol. The molecule has 1 aliphatic rings. The molecule has 7 heteroatoms. The Kier molecular flexibility index (Phi) is 5.04. The van der Waals surface area contributed by atoms with Crippen molar-refractivity contribution >= 4 is 34.6 Å². The molecule has 0 spiro atoms. The highest BCUT2D eigenvalue weighted by molar-refractivity contribution is 8.18. The summed E-state index contributed by atoms with van der Waals surface area (Å²) in [5.74, 6) is 0.501. The van der Waals surface area contributed by atoms with Crippen LogP contribution < -0.4 is 14.8 Å². The third kappa shape index (κ3) is 3.83. The zero-order valence-corrected chi connectivity index (χ0v) is 14.4. The molecule has 2 aromatic rings. The molecular weight excluding hydrogens is 343 g/mol. The summed E-state index contributed by atoms with van der Waals surface area (Å²) in [6.07, 6.45) is 1.70. The van der Waals surface area contributed by atoms with Gasteiger partial charge in [-0.3, -0.25) is 4.79 Å². The third-order valence-corrected chi connectivity index (χ3v) is 4.36. The number of carbonyl (C=O) groups is 1. The van der Waals surface area contributed by atoms with E-state index in [1.807, 2.05) is 0 Å². The largest absolute Gasteiger partial charge is 0.497 e. The van der Waals surface area contributed by atoms with Crippen LogP contribution in [0.2, 0.25) is 0 Å². The van der Waals surface area contributed by atoms with Crippen LogP contribution in [0.5, 0.6) is 11.5 Å². The van der Waals surface area contributed by atoms with E-state index in [-0.39, 0.29) is 11.6 Å². The molecule has 0 unspecified atom stereocenters. The lowest BCUT2D eigenvalue weighted by atomic mass is 10.1. The standard InChI is InChI=1S/C18H15FN2O3S/c1-23-12-8-7-11(15(10-12)24-2)9-16-17(22)21-18(25-16)20-14-6-4-3-5-13(14)19/h3-10H,1-2H3,(H,20,21,22). The Morgan fingerprint density at radius 2 is 1.96 bits per heavy atom. The number of benzene rings is 2. The van der Waals surface area contributed by atoms with E-state index < -0.39 is 5.82 Å². The second-order valence-corrected chi connectivity index (χ2v) is 6.07. The summed E-state index contributed by atoms with van der Waals surface area (Å²) >= 11 is 1.14. The molecule has 0 atom stereocenters. The number of hydrogen-bond donors (Lipinski definition) is 1. The number of carbonyl (C=O) groups excluding carboxylic acids is 1. The van der Waals surface area contributed by atoms with E-state index in [1.165, 1.54) is 6.07 Å². The minimum absolute atomic E-state index is 0.175. The number of methoxy groups -OCH3 is 2. The van der Waals surface area contributed by atoms with Gasteiger partial charge in [-0.25, -0.2) is 9.38 Å². The van der Waals surface area contributed by atoms with Crippen LogP contribution in [0, 0.1) is 5.82 Å². The Morgan fingerprint density at radius 1 is 1.16 bits per heavy atom. The molecule has 0 aliphatic carbocycles. The number of amides is 1. The van der Waals surface area contributed by atoms with Crippen molar-refractivity contribution in [2.24, 2.45) is 4.99 Å². The van der Waals surface area contributed by atoms with Crippen LogP contribution >= 0.6 is 11.8 Å². The van der Waals surface area contributed by atoms with Gasteiger partial charge in [0, 0.05) is 11.6 Å². The normalized spacial score (nSPS) is 17.0. The number of nitrogens with one attached hydrogen (secondary N) is 1. The van der Waals surface area contributed by atoms with Gasteiger partial charge in [0.25, 0.3) is 5.91 Å². The van der Waals surface area contributed by atoms with E-state index in [0.717, 1.165) is 17.3 Å². The maximum atomic E-state index is 13.7. The van der Waals surface area contributed by atoms with E-state index in [4.69, 9.17) is 9.47 Å². The number of thioether (sulfide) groups is 1. The van der Waals surface area contributed by atoms with Crippen molar-refractivity contribution in [3.8, 4) is 11.5 Å². The number of aliphatic imine (C=N–C) groups is 1. The first-order chi connectivity index (χ1) is 12.1.